The number of benzene rings is 2. The van der Waals surface area contributed by atoms with Crippen molar-refractivity contribution >= 4 is 39.7 Å². The summed E-state index contributed by atoms with van der Waals surface area (Å²) in [5.74, 6) is -0.873. The quantitative estimate of drug-likeness (QED) is 0.141. The maximum absolute atomic E-state index is 12.5. The first-order chi connectivity index (χ1) is 17.0. The second-order valence-electron chi connectivity index (χ2n) is 7.61. The minimum absolute atomic E-state index is 0.0789. The Morgan fingerprint density at radius 2 is 1.83 bits per heavy atom. The van der Waals surface area contributed by atoms with E-state index in [0.717, 1.165) is 6.20 Å². The number of nitro groups is 1. The molecule has 0 spiro atoms. The summed E-state index contributed by atoms with van der Waals surface area (Å²) in [6.45, 7) is 3.35. The predicted octanol–water partition coefficient (Wildman–Crippen LogP) is 2.06. The van der Waals surface area contributed by atoms with Crippen molar-refractivity contribution in [1.82, 2.24) is 9.55 Å². The van der Waals surface area contributed by atoms with E-state index in [2.05, 4.69) is 14.4 Å². The lowest BCUT2D eigenvalue weighted by molar-refractivity contribution is -0.392. The smallest absolute Gasteiger partial charge is 0.342 e. The molecule has 4 N–H and O–H groups in total. The van der Waals surface area contributed by atoms with Crippen molar-refractivity contribution in [3.63, 3.8) is 0 Å². The van der Waals surface area contributed by atoms with Gasteiger partial charge in [-0.15, -0.1) is 4.40 Å². The lowest BCUT2D eigenvalue weighted by atomic mass is 10.1. The molecule has 1 heterocycles. The molecule has 14 heteroatoms. The summed E-state index contributed by atoms with van der Waals surface area (Å²) in [6.07, 6.45) is 2.06. The van der Waals surface area contributed by atoms with Crippen molar-refractivity contribution < 1.29 is 22.9 Å². The Morgan fingerprint density at radius 1 is 1.19 bits per heavy atom. The molecule has 1 unspecified atom stereocenters. The second-order valence-corrected chi connectivity index (χ2v) is 9.22. The van der Waals surface area contributed by atoms with Gasteiger partial charge >= 0.3 is 11.8 Å². The molecule has 1 aromatic heterocycles. The summed E-state index contributed by atoms with van der Waals surface area (Å²) in [5.41, 5.74) is 11.7. The second kappa shape index (κ2) is 10.8. The van der Waals surface area contributed by atoms with Gasteiger partial charge in [-0.2, -0.15) is 8.42 Å². The number of rotatable bonds is 9. The third-order valence-corrected chi connectivity index (χ3v) is 6.16. The van der Waals surface area contributed by atoms with Crippen LogP contribution in [-0.4, -0.2) is 47.1 Å². The Labute approximate surface area is 206 Å². The minimum Gasteiger partial charge on any atom is -0.455 e. The highest BCUT2D eigenvalue weighted by Crippen LogP contribution is 2.19. The number of sulfonamides is 1. The molecule has 0 saturated carbocycles. The van der Waals surface area contributed by atoms with E-state index >= 15 is 0 Å². The van der Waals surface area contributed by atoms with Gasteiger partial charge in [0.2, 0.25) is 5.96 Å². The molecule has 0 saturated heterocycles. The third-order valence-electron chi connectivity index (χ3n) is 4.84. The van der Waals surface area contributed by atoms with Crippen LogP contribution in [0.4, 0.5) is 11.5 Å². The molecule has 0 amide bonds. The van der Waals surface area contributed by atoms with Gasteiger partial charge < -0.3 is 26.3 Å². The zero-order valence-electron chi connectivity index (χ0n) is 19.3. The number of aryl methyl sites for hydroxylation is 1. The van der Waals surface area contributed by atoms with Gasteiger partial charge in [0.05, 0.1) is 16.1 Å². The van der Waals surface area contributed by atoms with Crippen molar-refractivity contribution in [3.8, 4) is 0 Å². The van der Waals surface area contributed by atoms with E-state index < -0.39 is 33.0 Å². The number of hydrogen-bond acceptors (Lipinski definition) is 8. The summed E-state index contributed by atoms with van der Waals surface area (Å²) < 4.78 is 33.9. The highest BCUT2D eigenvalue weighted by atomic mass is 32.2. The summed E-state index contributed by atoms with van der Waals surface area (Å²) >= 11 is 0. The van der Waals surface area contributed by atoms with Crippen LogP contribution >= 0.6 is 0 Å². The third kappa shape index (κ3) is 6.50. The number of hydrogen-bond donors (Lipinski definition) is 2. The van der Waals surface area contributed by atoms with Crippen LogP contribution in [0.3, 0.4) is 0 Å². The molecule has 3 aromatic rings. The largest absolute Gasteiger partial charge is 0.455 e. The van der Waals surface area contributed by atoms with Gasteiger partial charge in [0.1, 0.15) is 18.8 Å². The van der Waals surface area contributed by atoms with Gasteiger partial charge in [-0.3, -0.25) is 4.99 Å². The number of esters is 1. The van der Waals surface area contributed by atoms with E-state index in [-0.39, 0.29) is 17.3 Å². The molecule has 36 heavy (non-hydrogen) atoms. The standard InChI is InChI=1S/C22H23N7O6S/c1-14(13-28-15(2)25-12-20(28)29(31)32)35-21(30)17-5-3-16(4-6-17)11-26-18-7-9-19(10-8-18)36(33,34)27-22(23)24/h3-12,14H,13H2,1-2H3,(H4,23,24,27). The SMILES string of the molecule is Cc1ncc([N+](=O)[O-])n1CC(C)OC(=O)c1ccc(C=Nc2ccc(S(=O)(=O)N=C(N)N)cc2)cc1. The monoisotopic (exact) mass is 513 g/mol. The van der Waals surface area contributed by atoms with Crippen LogP contribution in [0.25, 0.3) is 0 Å². The summed E-state index contributed by atoms with van der Waals surface area (Å²) in [7, 11) is -3.98. The number of aromatic nitrogens is 2. The summed E-state index contributed by atoms with van der Waals surface area (Å²) in [4.78, 5) is 31.2. The lowest BCUT2D eigenvalue weighted by Crippen LogP contribution is -2.24. The van der Waals surface area contributed by atoms with Crippen LogP contribution in [-0.2, 0) is 21.3 Å². The molecule has 0 aliphatic rings. The van der Waals surface area contributed by atoms with Crippen LogP contribution in [0.2, 0.25) is 0 Å². The van der Waals surface area contributed by atoms with Crippen molar-refractivity contribution in [1.29, 1.82) is 0 Å². The average molecular weight is 514 g/mol. The molecule has 2 aromatic carbocycles. The Bertz CT molecular complexity index is 1420. The number of ether oxygens (including phenoxy) is 1. The molecule has 0 fully saturated rings. The Hall–Kier alpha value is -4.59. The first kappa shape index (κ1) is 26.0. The van der Waals surface area contributed by atoms with Gasteiger partial charge in [0, 0.05) is 13.1 Å². The first-order valence-corrected chi connectivity index (χ1v) is 11.9. The van der Waals surface area contributed by atoms with Crippen LogP contribution in [0.1, 0.15) is 28.7 Å². The van der Waals surface area contributed by atoms with Crippen LogP contribution in [0.15, 0.2) is 69.0 Å². The van der Waals surface area contributed by atoms with E-state index in [4.69, 9.17) is 16.2 Å². The molecule has 13 nitrogen and oxygen atoms in total. The molecule has 0 aliphatic carbocycles. The number of guanidine groups is 1. The average Bonchev–Trinajstić information content (AvgIpc) is 3.17. The molecular formula is C22H23N7O6S. The first-order valence-electron chi connectivity index (χ1n) is 10.4. The van der Waals surface area contributed by atoms with E-state index in [1.54, 1.807) is 38.1 Å². The fourth-order valence-electron chi connectivity index (χ4n) is 3.12. The predicted molar refractivity (Wildman–Crippen MR) is 132 cm³/mol. The van der Waals surface area contributed by atoms with Crippen LogP contribution < -0.4 is 11.5 Å². The van der Waals surface area contributed by atoms with E-state index in [1.165, 1.54) is 35.0 Å². The molecule has 0 bridgehead atoms. The molecule has 188 valence electrons. The van der Waals surface area contributed by atoms with Gasteiger partial charge in [-0.05, 0) is 53.8 Å². The van der Waals surface area contributed by atoms with Crippen molar-refractivity contribution in [2.45, 2.75) is 31.4 Å². The zero-order valence-corrected chi connectivity index (χ0v) is 20.1. The van der Waals surface area contributed by atoms with Gasteiger partial charge in [0.25, 0.3) is 10.0 Å². The number of carbonyl (C=O) groups excluding carboxylic acids is 1. The molecule has 3 rings (SSSR count). The highest BCUT2D eigenvalue weighted by Gasteiger charge is 2.22. The van der Waals surface area contributed by atoms with Gasteiger partial charge in [-0.1, -0.05) is 12.1 Å². The van der Waals surface area contributed by atoms with E-state index in [9.17, 15) is 23.3 Å². The fourth-order valence-corrected chi connectivity index (χ4v) is 3.99. The number of carbonyl (C=O) groups is 1. The number of nitrogens with zero attached hydrogens (tertiary/aromatic N) is 5. The van der Waals surface area contributed by atoms with Crippen molar-refractivity contribution in [3.05, 3.63) is 81.8 Å². The Balaban J connectivity index is 1.62. The zero-order chi connectivity index (χ0) is 26.5. The van der Waals surface area contributed by atoms with Crippen molar-refractivity contribution in [2.24, 2.45) is 20.9 Å². The summed E-state index contributed by atoms with van der Waals surface area (Å²) in [5, 5.41) is 11.1. The van der Waals surface area contributed by atoms with E-state index in [1.807, 2.05) is 0 Å². The minimum atomic E-state index is -3.98. The molecular weight excluding hydrogens is 490 g/mol. The fraction of sp³-hybridized carbons (Fsp3) is 0.182. The normalized spacial score (nSPS) is 12.3. The molecule has 1 atom stereocenters. The molecule has 0 radical (unpaired) electrons. The number of imidazole rings is 1. The van der Waals surface area contributed by atoms with Crippen LogP contribution in [0.5, 0.6) is 0 Å². The Kier molecular flexibility index (Phi) is 7.79. The highest BCUT2D eigenvalue weighted by molar-refractivity contribution is 7.90. The molecule has 0 aliphatic heterocycles. The Morgan fingerprint density at radius 3 is 2.42 bits per heavy atom. The van der Waals surface area contributed by atoms with E-state index in [0.29, 0.717) is 22.6 Å². The topological polar surface area (TPSA) is 198 Å². The van der Waals surface area contributed by atoms with Gasteiger partial charge in [-0.25, -0.2) is 14.3 Å². The lowest BCUT2D eigenvalue weighted by Gasteiger charge is -2.13. The number of nitrogens with two attached hydrogens (primary N) is 2. The number of aliphatic imine (C=N–C) groups is 1. The maximum atomic E-state index is 12.5. The summed E-state index contributed by atoms with van der Waals surface area (Å²) in [6, 6.07) is 12.1. The van der Waals surface area contributed by atoms with Gasteiger partial charge in [0.15, 0.2) is 5.82 Å². The van der Waals surface area contributed by atoms with Crippen LogP contribution in [0, 0.1) is 17.0 Å². The van der Waals surface area contributed by atoms with Crippen molar-refractivity contribution in [2.75, 3.05) is 0 Å². The maximum Gasteiger partial charge on any atom is 0.342 e.